The minimum Gasteiger partial charge on any atom is -0.465 e. The lowest BCUT2D eigenvalue weighted by molar-refractivity contribution is -0.150. The second kappa shape index (κ2) is 11.9. The Morgan fingerprint density at radius 1 is 1.07 bits per heavy atom. The number of hydrogen-bond donors (Lipinski definition) is 3. The number of aromatic nitrogens is 3. The number of alkyl halides is 3. The summed E-state index contributed by atoms with van der Waals surface area (Å²) >= 11 is 0. The van der Waals surface area contributed by atoms with Gasteiger partial charge in [-0.15, -0.1) is 0 Å². The zero-order chi connectivity index (χ0) is 29.9. The van der Waals surface area contributed by atoms with Crippen LogP contribution < -0.4 is 15.4 Å². The lowest BCUT2D eigenvalue weighted by atomic mass is 10.0. The normalized spacial score (nSPS) is 15.3. The van der Waals surface area contributed by atoms with Crippen molar-refractivity contribution < 1.29 is 32.6 Å². The molecule has 1 aliphatic heterocycles. The quantitative estimate of drug-likeness (QED) is 0.234. The molecule has 2 aromatic carbocycles. The molecule has 218 valence electrons. The average Bonchev–Trinajstić information content (AvgIpc) is 2.94. The Morgan fingerprint density at radius 3 is 2.69 bits per heavy atom. The van der Waals surface area contributed by atoms with Gasteiger partial charge in [0, 0.05) is 48.0 Å². The van der Waals surface area contributed by atoms with Crippen molar-refractivity contribution in [1.82, 2.24) is 19.9 Å². The highest BCUT2D eigenvalue weighted by atomic mass is 19.4. The summed E-state index contributed by atoms with van der Waals surface area (Å²) in [4.78, 5) is 38.1. The lowest BCUT2D eigenvalue weighted by Crippen LogP contribution is -2.44. The van der Waals surface area contributed by atoms with E-state index in [2.05, 4.69) is 25.6 Å². The van der Waals surface area contributed by atoms with Gasteiger partial charge in [0.1, 0.15) is 12.2 Å². The van der Waals surface area contributed by atoms with Gasteiger partial charge in [-0.2, -0.15) is 13.2 Å². The molecule has 0 radical (unpaired) electrons. The van der Waals surface area contributed by atoms with E-state index in [4.69, 9.17) is 4.74 Å². The molecule has 0 saturated carbocycles. The highest BCUT2D eigenvalue weighted by Crippen LogP contribution is 2.38. The summed E-state index contributed by atoms with van der Waals surface area (Å²) in [7, 11) is 0. The third-order valence-corrected chi connectivity index (χ3v) is 6.77. The van der Waals surface area contributed by atoms with Crippen LogP contribution in [-0.4, -0.2) is 62.3 Å². The molecule has 0 spiro atoms. The van der Waals surface area contributed by atoms with E-state index in [0.717, 1.165) is 18.4 Å². The Balaban J connectivity index is 1.43. The summed E-state index contributed by atoms with van der Waals surface area (Å²) in [5.74, 6) is -0.177. The van der Waals surface area contributed by atoms with Crippen molar-refractivity contribution in [2.45, 2.75) is 38.4 Å². The van der Waals surface area contributed by atoms with E-state index in [9.17, 15) is 27.9 Å². The molecule has 1 fully saturated rings. The Kier molecular flexibility index (Phi) is 8.09. The van der Waals surface area contributed by atoms with Crippen LogP contribution >= 0.6 is 0 Å². The number of rotatable bonds is 7. The number of benzene rings is 2. The molecule has 3 N–H and O–H groups in total. The second-order valence-corrected chi connectivity index (χ2v) is 9.89. The van der Waals surface area contributed by atoms with Crippen LogP contribution in [0.15, 0.2) is 60.9 Å². The number of aryl methyl sites for hydroxylation is 1. The van der Waals surface area contributed by atoms with Gasteiger partial charge in [0.25, 0.3) is 0 Å². The Bertz CT molecular complexity index is 1630. The zero-order valence-corrected chi connectivity index (χ0v) is 22.5. The number of hydrogen-bond acceptors (Lipinski definition) is 7. The highest BCUT2D eigenvalue weighted by Gasteiger charge is 2.31. The van der Waals surface area contributed by atoms with Crippen LogP contribution in [0.25, 0.3) is 22.0 Å². The van der Waals surface area contributed by atoms with Crippen LogP contribution in [0.3, 0.4) is 0 Å². The van der Waals surface area contributed by atoms with E-state index < -0.39 is 24.6 Å². The van der Waals surface area contributed by atoms with Crippen molar-refractivity contribution in [2.24, 2.45) is 0 Å². The Labute approximate surface area is 238 Å². The molecular weight excluding hydrogens is 553 g/mol. The smallest absolute Gasteiger partial charge is 0.407 e. The SMILES string of the molecule is Cc1ccc2c(NC(=O)CC(F)(F)F)cccc2c1Oc1ncccc1-c1ccnc(NC2CCCN(C(=O)O)C2)n1. The van der Waals surface area contributed by atoms with Crippen molar-refractivity contribution in [2.75, 3.05) is 23.7 Å². The number of piperidine rings is 1. The van der Waals surface area contributed by atoms with Crippen LogP contribution in [0.5, 0.6) is 11.6 Å². The predicted octanol–water partition coefficient (Wildman–Crippen LogP) is 6.24. The second-order valence-electron chi connectivity index (χ2n) is 9.89. The third-order valence-electron chi connectivity index (χ3n) is 6.77. The standard InChI is InChI=1S/C29H27F3N6O4/c1-17-9-10-19-20(6-2-8-22(19)36-24(39)15-29(30,31)32)25(17)42-26-21(7-3-12-33-26)23-11-13-34-27(37-23)35-18-5-4-14-38(16-18)28(40)41/h2-3,6-13,18H,4-5,14-16H2,1H3,(H,36,39)(H,40,41)(H,34,35,37). The minimum atomic E-state index is -4.62. The number of carboxylic acid groups (broad SMARTS) is 1. The fraction of sp³-hybridized carbons (Fsp3) is 0.276. The van der Waals surface area contributed by atoms with Gasteiger partial charge in [-0.25, -0.2) is 19.7 Å². The number of amides is 2. The van der Waals surface area contributed by atoms with Gasteiger partial charge in [0.2, 0.25) is 17.7 Å². The van der Waals surface area contributed by atoms with Gasteiger partial charge in [0.15, 0.2) is 0 Å². The third kappa shape index (κ3) is 6.67. The van der Waals surface area contributed by atoms with Gasteiger partial charge in [-0.3, -0.25) is 4.79 Å². The number of anilines is 2. The first-order valence-corrected chi connectivity index (χ1v) is 13.2. The molecule has 0 bridgehead atoms. The topological polar surface area (TPSA) is 130 Å². The van der Waals surface area contributed by atoms with Crippen LogP contribution in [0.2, 0.25) is 0 Å². The van der Waals surface area contributed by atoms with E-state index in [1.165, 1.54) is 11.0 Å². The number of halogens is 3. The molecule has 3 heterocycles. The van der Waals surface area contributed by atoms with E-state index in [1.807, 2.05) is 6.92 Å². The van der Waals surface area contributed by atoms with Crippen LogP contribution in [0, 0.1) is 6.92 Å². The van der Waals surface area contributed by atoms with Gasteiger partial charge in [-0.1, -0.05) is 24.3 Å². The maximum Gasteiger partial charge on any atom is 0.407 e. The summed E-state index contributed by atoms with van der Waals surface area (Å²) in [5.41, 5.74) is 2.04. The minimum absolute atomic E-state index is 0.140. The molecule has 1 unspecified atom stereocenters. The molecule has 13 heteroatoms. The van der Waals surface area contributed by atoms with Crippen molar-refractivity contribution >= 4 is 34.4 Å². The number of carbonyl (C=O) groups excluding carboxylic acids is 1. The molecule has 1 aliphatic rings. The number of pyridine rings is 1. The van der Waals surface area contributed by atoms with Crippen molar-refractivity contribution in [3.05, 3.63) is 66.5 Å². The molecule has 10 nitrogen and oxygen atoms in total. The number of fused-ring (bicyclic) bond motifs is 1. The van der Waals surface area contributed by atoms with E-state index in [-0.39, 0.29) is 17.6 Å². The first-order valence-electron chi connectivity index (χ1n) is 13.2. The van der Waals surface area contributed by atoms with Gasteiger partial charge in [0.05, 0.1) is 11.3 Å². The first-order chi connectivity index (χ1) is 20.1. The first kappa shape index (κ1) is 28.6. The van der Waals surface area contributed by atoms with E-state index in [0.29, 0.717) is 46.8 Å². The van der Waals surface area contributed by atoms with Crippen LogP contribution in [0.4, 0.5) is 29.6 Å². The number of carbonyl (C=O) groups is 2. The summed E-state index contributed by atoms with van der Waals surface area (Å²) in [6.07, 6.45) is -2.54. The summed E-state index contributed by atoms with van der Waals surface area (Å²) in [6, 6.07) is 13.4. The average molecular weight is 581 g/mol. The molecule has 0 aliphatic carbocycles. The number of likely N-dealkylation sites (tertiary alicyclic amines) is 1. The zero-order valence-electron chi connectivity index (χ0n) is 22.5. The molecule has 42 heavy (non-hydrogen) atoms. The molecule has 1 atom stereocenters. The van der Waals surface area contributed by atoms with Crippen molar-refractivity contribution in [3.63, 3.8) is 0 Å². The van der Waals surface area contributed by atoms with Gasteiger partial charge >= 0.3 is 12.3 Å². The molecule has 1 saturated heterocycles. The fourth-order valence-corrected chi connectivity index (χ4v) is 4.85. The van der Waals surface area contributed by atoms with E-state index >= 15 is 0 Å². The fourth-order valence-electron chi connectivity index (χ4n) is 4.85. The molecule has 2 aromatic heterocycles. The van der Waals surface area contributed by atoms with E-state index in [1.54, 1.807) is 54.9 Å². The lowest BCUT2D eigenvalue weighted by Gasteiger charge is -2.31. The largest absolute Gasteiger partial charge is 0.465 e. The molecule has 2 amide bonds. The summed E-state index contributed by atoms with van der Waals surface area (Å²) < 4.78 is 44.5. The molecular formula is C29H27F3N6O4. The Morgan fingerprint density at radius 2 is 1.90 bits per heavy atom. The summed E-state index contributed by atoms with van der Waals surface area (Å²) in [6.45, 7) is 2.63. The maximum atomic E-state index is 12.7. The maximum absolute atomic E-state index is 12.7. The Hall–Kier alpha value is -4.94. The molecule has 4 aromatic rings. The monoisotopic (exact) mass is 580 g/mol. The predicted molar refractivity (Wildman–Crippen MR) is 150 cm³/mol. The number of ether oxygens (including phenoxy) is 1. The molecule has 5 rings (SSSR count). The van der Waals surface area contributed by atoms with Crippen molar-refractivity contribution in [3.8, 4) is 22.9 Å². The summed E-state index contributed by atoms with van der Waals surface area (Å²) in [5, 5.41) is 16.0. The highest BCUT2D eigenvalue weighted by molar-refractivity contribution is 6.04. The number of nitrogens with zero attached hydrogens (tertiary/aromatic N) is 4. The number of nitrogens with one attached hydrogen (secondary N) is 2. The van der Waals surface area contributed by atoms with Gasteiger partial charge < -0.3 is 25.4 Å². The van der Waals surface area contributed by atoms with Crippen LogP contribution in [-0.2, 0) is 4.79 Å². The van der Waals surface area contributed by atoms with Gasteiger partial charge in [-0.05, 0) is 49.6 Å². The van der Waals surface area contributed by atoms with Crippen molar-refractivity contribution in [1.29, 1.82) is 0 Å². The van der Waals surface area contributed by atoms with Crippen LogP contribution in [0.1, 0.15) is 24.8 Å².